The van der Waals surface area contributed by atoms with Gasteiger partial charge in [0, 0.05) is 12.0 Å². The maximum Gasteiger partial charge on any atom is 0.248 e. The number of hydrogen-bond donors (Lipinski definition) is 0. The number of ketones is 2. The molecule has 1 heterocycles. The Labute approximate surface area is 190 Å². The third-order valence-corrected chi connectivity index (χ3v) is 7.14. The van der Waals surface area contributed by atoms with Crippen molar-refractivity contribution in [2.45, 2.75) is 28.4 Å². The van der Waals surface area contributed by atoms with Crippen molar-refractivity contribution < 1.29 is 43.2 Å². The van der Waals surface area contributed by atoms with Crippen LogP contribution in [0.25, 0.3) is 0 Å². The van der Waals surface area contributed by atoms with Crippen LogP contribution in [-0.2, 0) is 15.7 Å². The van der Waals surface area contributed by atoms with Gasteiger partial charge in [0.1, 0.15) is 0 Å². The van der Waals surface area contributed by atoms with Gasteiger partial charge in [0.05, 0.1) is 10.9 Å². The Balaban J connectivity index is 0.000000523. The molecule has 0 bridgehead atoms. The predicted octanol–water partition coefficient (Wildman–Crippen LogP) is 0.303. The van der Waals surface area contributed by atoms with E-state index in [1.54, 1.807) is 12.1 Å². The molecule has 32 heavy (non-hydrogen) atoms. The van der Waals surface area contributed by atoms with Gasteiger partial charge in [0.15, 0.2) is 17.3 Å². The van der Waals surface area contributed by atoms with Gasteiger partial charge in [-0.25, -0.2) is 18.6 Å². The summed E-state index contributed by atoms with van der Waals surface area (Å²) in [4.78, 5) is 28.2. The zero-order chi connectivity index (χ0) is 23.3. The van der Waals surface area contributed by atoms with Crippen molar-refractivity contribution in [1.29, 1.82) is 0 Å². The topological polar surface area (TPSA) is 136 Å². The summed E-state index contributed by atoms with van der Waals surface area (Å²) < 4.78 is 40.0. The summed E-state index contributed by atoms with van der Waals surface area (Å²) in [5.41, 5.74) is 0.568. The Bertz CT molecular complexity index is 1050. The molecule has 7 nitrogen and oxygen atoms in total. The van der Waals surface area contributed by atoms with E-state index >= 15 is 0 Å². The zero-order valence-electron chi connectivity index (χ0n) is 16.9. The van der Waals surface area contributed by atoms with Crippen molar-refractivity contribution in [2.24, 2.45) is 0 Å². The summed E-state index contributed by atoms with van der Waals surface area (Å²) >= 11 is 0. The van der Waals surface area contributed by atoms with E-state index in [0.717, 1.165) is 9.79 Å². The first-order valence-electron chi connectivity index (χ1n) is 9.53. The second-order valence-electron chi connectivity index (χ2n) is 6.64. The Morgan fingerprint density at radius 2 is 1.25 bits per heavy atom. The Morgan fingerprint density at radius 1 is 0.812 bits per heavy atom. The highest BCUT2D eigenvalue weighted by molar-refractivity contribution is 7.99. The Kier molecular flexibility index (Phi) is 7.68. The standard InChI is InChI=1S/C23H19O3S.ClHO4/c1-2-17(24)23(22(25)16-10-4-3-5-11-16)27-20-14-8-6-12-18(20)26-19-13-7-9-15-21(19)27;2-1(3,4)5/h3-15,23H,2H2,1H3;(H,2,3,4,5)/q+1;/p-1. The van der Waals surface area contributed by atoms with E-state index in [0.29, 0.717) is 23.5 Å². The summed E-state index contributed by atoms with van der Waals surface area (Å²) in [6, 6.07) is 24.5. The number of fused-ring (bicyclic) bond motifs is 2. The molecule has 0 aromatic heterocycles. The molecule has 0 fully saturated rings. The molecule has 0 spiro atoms. The highest BCUT2D eigenvalue weighted by atomic mass is 35.7. The minimum Gasteiger partial charge on any atom is -0.447 e. The lowest BCUT2D eigenvalue weighted by atomic mass is 10.0. The van der Waals surface area contributed by atoms with E-state index in [9.17, 15) is 9.59 Å². The maximum absolute atomic E-state index is 13.4. The number of benzene rings is 3. The second-order valence-corrected chi connectivity index (χ2v) is 9.42. The quantitative estimate of drug-likeness (QED) is 0.295. The molecule has 1 unspecified atom stereocenters. The van der Waals surface area contributed by atoms with Crippen LogP contribution in [-0.4, -0.2) is 16.8 Å². The smallest absolute Gasteiger partial charge is 0.248 e. The summed E-state index contributed by atoms with van der Waals surface area (Å²) in [7, 11) is -5.66. The normalized spacial score (nSPS) is 13.5. The van der Waals surface area contributed by atoms with E-state index in [1.807, 2.05) is 73.7 Å². The molecule has 0 N–H and O–H groups in total. The number of hydrogen-bond acceptors (Lipinski definition) is 7. The minimum atomic E-state index is -4.94. The van der Waals surface area contributed by atoms with Crippen LogP contribution in [0.2, 0.25) is 0 Å². The molecule has 3 aromatic rings. The first kappa shape index (κ1) is 23.9. The van der Waals surface area contributed by atoms with Crippen LogP contribution in [0.15, 0.2) is 88.7 Å². The fourth-order valence-electron chi connectivity index (χ4n) is 3.25. The molecule has 0 saturated heterocycles. The van der Waals surface area contributed by atoms with Crippen LogP contribution in [0.3, 0.4) is 0 Å². The van der Waals surface area contributed by atoms with Gasteiger partial charge in [0.25, 0.3) is 0 Å². The maximum atomic E-state index is 13.4. The molecular formula is C23H19ClO7S. The molecule has 1 aliphatic rings. The number of rotatable bonds is 5. The molecule has 1 aliphatic heterocycles. The third-order valence-electron chi connectivity index (χ3n) is 4.57. The van der Waals surface area contributed by atoms with Crippen molar-refractivity contribution in [3.63, 3.8) is 0 Å². The highest BCUT2D eigenvalue weighted by Gasteiger charge is 2.50. The van der Waals surface area contributed by atoms with Crippen LogP contribution in [0, 0.1) is 10.2 Å². The van der Waals surface area contributed by atoms with Crippen LogP contribution in [0.4, 0.5) is 0 Å². The largest absolute Gasteiger partial charge is 0.447 e. The molecular weight excluding hydrogens is 456 g/mol. The number of Topliss-reactive ketones (excluding diaryl/α,β-unsaturated/α-hetero) is 2. The molecule has 1 atom stereocenters. The number of ether oxygens (including phenoxy) is 1. The van der Waals surface area contributed by atoms with Crippen LogP contribution >= 0.6 is 0 Å². The average molecular weight is 475 g/mol. The van der Waals surface area contributed by atoms with Gasteiger partial charge in [-0.05, 0) is 24.3 Å². The summed E-state index contributed by atoms with van der Waals surface area (Å²) in [5.74, 6) is 1.26. The summed E-state index contributed by atoms with van der Waals surface area (Å²) in [6.45, 7) is 1.81. The van der Waals surface area contributed by atoms with E-state index in [4.69, 9.17) is 23.4 Å². The molecule has 0 radical (unpaired) electrons. The highest BCUT2D eigenvalue weighted by Crippen LogP contribution is 2.46. The first-order valence-corrected chi connectivity index (χ1v) is 12.1. The summed E-state index contributed by atoms with van der Waals surface area (Å²) in [6.07, 6.45) is 0.317. The second kappa shape index (κ2) is 10.3. The average Bonchev–Trinajstić information content (AvgIpc) is 2.78. The molecule has 4 rings (SSSR count). The molecule has 3 aromatic carbocycles. The van der Waals surface area contributed by atoms with Gasteiger partial charge in [-0.3, -0.25) is 9.59 Å². The summed E-state index contributed by atoms with van der Waals surface area (Å²) in [5, 5.41) is -0.747. The third kappa shape index (κ3) is 5.74. The van der Waals surface area contributed by atoms with Crippen molar-refractivity contribution in [1.82, 2.24) is 0 Å². The lowest BCUT2D eigenvalue weighted by Crippen LogP contribution is -2.68. The van der Waals surface area contributed by atoms with Gasteiger partial charge >= 0.3 is 0 Å². The Hall–Kier alpha value is -2.72. The molecule has 166 valence electrons. The van der Waals surface area contributed by atoms with Crippen molar-refractivity contribution in [2.75, 3.05) is 0 Å². The minimum absolute atomic E-state index is 0.0429. The van der Waals surface area contributed by atoms with Gasteiger partial charge in [0.2, 0.25) is 20.8 Å². The van der Waals surface area contributed by atoms with E-state index in [-0.39, 0.29) is 11.6 Å². The number of para-hydroxylation sites is 2. The van der Waals surface area contributed by atoms with E-state index < -0.39 is 26.4 Å². The van der Waals surface area contributed by atoms with Crippen LogP contribution in [0.5, 0.6) is 11.5 Å². The lowest BCUT2D eigenvalue weighted by molar-refractivity contribution is -2.00. The van der Waals surface area contributed by atoms with Crippen molar-refractivity contribution in [3.05, 3.63) is 84.4 Å². The first-order chi connectivity index (χ1) is 15.2. The van der Waals surface area contributed by atoms with Crippen LogP contribution < -0.4 is 23.4 Å². The molecule has 0 amide bonds. The number of carbonyl (C=O) groups is 2. The lowest BCUT2D eigenvalue weighted by Gasteiger charge is -2.24. The zero-order valence-corrected chi connectivity index (χ0v) is 18.5. The van der Waals surface area contributed by atoms with Gasteiger partial charge in [-0.1, -0.05) is 61.5 Å². The SMILES string of the molecule is CCC(=O)C(C(=O)c1ccccc1)[S+]1c2ccccc2Oc2ccccc21.[O-][Cl+3]([O-])([O-])[O-]. The molecule has 0 saturated carbocycles. The van der Waals surface area contributed by atoms with E-state index in [2.05, 4.69) is 0 Å². The number of halogens is 1. The van der Waals surface area contributed by atoms with Crippen molar-refractivity contribution >= 4 is 22.5 Å². The number of carbonyl (C=O) groups excluding carboxylic acids is 2. The Morgan fingerprint density at radius 3 is 1.72 bits per heavy atom. The van der Waals surface area contributed by atoms with Gasteiger partial charge < -0.3 is 4.74 Å². The van der Waals surface area contributed by atoms with Crippen LogP contribution in [0.1, 0.15) is 23.7 Å². The van der Waals surface area contributed by atoms with Crippen molar-refractivity contribution in [3.8, 4) is 11.5 Å². The van der Waals surface area contributed by atoms with E-state index in [1.165, 1.54) is 0 Å². The monoisotopic (exact) mass is 474 g/mol. The predicted molar refractivity (Wildman–Crippen MR) is 107 cm³/mol. The van der Waals surface area contributed by atoms with Gasteiger partial charge in [-0.15, -0.1) is 10.2 Å². The fourth-order valence-corrected chi connectivity index (χ4v) is 5.87. The molecule has 9 heteroatoms. The fraction of sp³-hybridized carbons (Fsp3) is 0.130. The molecule has 0 aliphatic carbocycles. The van der Waals surface area contributed by atoms with Gasteiger partial charge in [-0.2, -0.15) is 0 Å².